The summed E-state index contributed by atoms with van der Waals surface area (Å²) in [6.45, 7) is 3.80. The Bertz CT molecular complexity index is 686. The van der Waals surface area contributed by atoms with Crippen molar-refractivity contribution in [3.05, 3.63) is 22.6 Å². The first-order chi connectivity index (χ1) is 11.5. The molecule has 0 aliphatic carbocycles. The summed E-state index contributed by atoms with van der Waals surface area (Å²) in [5.41, 5.74) is 0.643. The number of amides is 2. The van der Waals surface area contributed by atoms with Crippen LogP contribution in [0.2, 0.25) is 0 Å². The summed E-state index contributed by atoms with van der Waals surface area (Å²) in [6, 6.07) is 3.27. The predicted octanol–water partition coefficient (Wildman–Crippen LogP) is 3.55. The molecule has 2 rings (SSSR count). The van der Waals surface area contributed by atoms with Gasteiger partial charge in [-0.2, -0.15) is 0 Å². The Morgan fingerprint density at radius 3 is 2.21 bits per heavy atom. The van der Waals surface area contributed by atoms with Gasteiger partial charge in [0, 0.05) is 17.7 Å². The first kappa shape index (κ1) is 18.2. The number of rotatable bonds is 6. The van der Waals surface area contributed by atoms with E-state index in [1.165, 1.54) is 26.2 Å². The largest absolute Gasteiger partial charge is 0.496 e. The Hall–Kier alpha value is -2.15. The van der Waals surface area contributed by atoms with Crippen molar-refractivity contribution in [2.45, 2.75) is 26.3 Å². The van der Waals surface area contributed by atoms with Crippen molar-refractivity contribution in [3.8, 4) is 17.2 Å². The van der Waals surface area contributed by atoms with Crippen LogP contribution >= 0.6 is 11.8 Å². The molecular formula is C17H21NO5S. The molecule has 0 aromatic heterocycles. The molecule has 0 saturated carbocycles. The summed E-state index contributed by atoms with van der Waals surface area (Å²) in [5, 5.41) is -0.250. The second-order valence-electron chi connectivity index (χ2n) is 5.26. The summed E-state index contributed by atoms with van der Waals surface area (Å²) in [7, 11) is 4.60. The maximum Gasteiger partial charge on any atom is 0.293 e. The molecule has 24 heavy (non-hydrogen) atoms. The highest BCUT2D eigenvalue weighted by Gasteiger charge is 2.37. The van der Waals surface area contributed by atoms with Crippen LogP contribution in [0.25, 0.3) is 6.08 Å². The van der Waals surface area contributed by atoms with Gasteiger partial charge in [-0.25, -0.2) is 0 Å². The summed E-state index contributed by atoms with van der Waals surface area (Å²) in [5.74, 6) is 1.30. The SMILES string of the molecule is CC[C@H](C)N1C(=O)S/C(=C/c2cc(OC)c(OC)cc2OC)C1=O. The number of ether oxygens (including phenoxy) is 3. The lowest BCUT2D eigenvalue weighted by Crippen LogP contribution is -2.36. The van der Waals surface area contributed by atoms with Crippen LogP contribution in [-0.4, -0.2) is 43.4 Å². The lowest BCUT2D eigenvalue weighted by atomic mass is 10.1. The highest BCUT2D eigenvalue weighted by Crippen LogP contribution is 2.39. The van der Waals surface area contributed by atoms with Crippen molar-refractivity contribution in [2.75, 3.05) is 21.3 Å². The molecule has 0 radical (unpaired) electrons. The van der Waals surface area contributed by atoms with Crippen LogP contribution in [0.3, 0.4) is 0 Å². The van der Waals surface area contributed by atoms with E-state index in [2.05, 4.69) is 0 Å². The van der Waals surface area contributed by atoms with Crippen LogP contribution in [-0.2, 0) is 4.79 Å². The van der Waals surface area contributed by atoms with Crippen LogP contribution in [0, 0.1) is 0 Å². The third kappa shape index (κ3) is 3.36. The number of benzene rings is 1. The Balaban J connectivity index is 2.44. The molecule has 0 bridgehead atoms. The number of nitrogens with zero attached hydrogens (tertiary/aromatic N) is 1. The van der Waals surface area contributed by atoms with E-state index in [1.807, 2.05) is 13.8 Å². The summed E-state index contributed by atoms with van der Waals surface area (Å²) in [4.78, 5) is 26.3. The van der Waals surface area contributed by atoms with E-state index < -0.39 is 0 Å². The van der Waals surface area contributed by atoms with E-state index in [0.29, 0.717) is 34.1 Å². The third-order valence-electron chi connectivity index (χ3n) is 3.88. The van der Waals surface area contributed by atoms with E-state index in [1.54, 1.807) is 18.2 Å². The molecule has 1 aromatic rings. The molecule has 1 saturated heterocycles. The molecule has 0 spiro atoms. The molecule has 2 amide bonds. The van der Waals surface area contributed by atoms with E-state index in [9.17, 15) is 9.59 Å². The summed E-state index contributed by atoms with van der Waals surface area (Å²) >= 11 is 0.934. The van der Waals surface area contributed by atoms with Crippen LogP contribution < -0.4 is 14.2 Å². The maximum absolute atomic E-state index is 12.5. The van der Waals surface area contributed by atoms with Gasteiger partial charge in [0.15, 0.2) is 11.5 Å². The highest BCUT2D eigenvalue weighted by atomic mass is 32.2. The van der Waals surface area contributed by atoms with E-state index in [-0.39, 0.29) is 17.2 Å². The fourth-order valence-electron chi connectivity index (χ4n) is 2.35. The molecular weight excluding hydrogens is 330 g/mol. The molecule has 0 unspecified atom stereocenters. The molecule has 0 N–H and O–H groups in total. The Morgan fingerprint density at radius 1 is 1.08 bits per heavy atom. The summed E-state index contributed by atoms with van der Waals surface area (Å²) < 4.78 is 15.9. The second kappa shape index (κ2) is 7.61. The molecule has 6 nitrogen and oxygen atoms in total. The number of carbonyl (C=O) groups excluding carboxylic acids is 2. The average Bonchev–Trinajstić information content (AvgIpc) is 2.87. The van der Waals surface area contributed by atoms with E-state index in [0.717, 1.165) is 11.8 Å². The van der Waals surface area contributed by atoms with Crippen LogP contribution in [0.15, 0.2) is 17.0 Å². The van der Waals surface area contributed by atoms with Gasteiger partial charge in [0.2, 0.25) is 0 Å². The number of thioether (sulfide) groups is 1. The maximum atomic E-state index is 12.5. The molecule has 1 aliphatic rings. The zero-order valence-electron chi connectivity index (χ0n) is 14.4. The van der Waals surface area contributed by atoms with Crippen molar-refractivity contribution in [3.63, 3.8) is 0 Å². The van der Waals surface area contributed by atoms with E-state index >= 15 is 0 Å². The van der Waals surface area contributed by atoms with Gasteiger partial charge in [0.25, 0.3) is 11.1 Å². The Morgan fingerprint density at radius 2 is 1.67 bits per heavy atom. The van der Waals surface area contributed by atoms with Crippen LogP contribution in [0.1, 0.15) is 25.8 Å². The zero-order valence-corrected chi connectivity index (χ0v) is 15.2. The lowest BCUT2D eigenvalue weighted by Gasteiger charge is -2.19. The van der Waals surface area contributed by atoms with Crippen LogP contribution in [0.4, 0.5) is 4.79 Å². The number of hydrogen-bond donors (Lipinski definition) is 0. The molecule has 1 atom stereocenters. The average molecular weight is 351 g/mol. The monoisotopic (exact) mass is 351 g/mol. The van der Waals surface area contributed by atoms with Gasteiger partial charge in [-0.1, -0.05) is 6.92 Å². The molecule has 1 heterocycles. The number of hydrogen-bond acceptors (Lipinski definition) is 6. The first-order valence-electron chi connectivity index (χ1n) is 7.53. The molecule has 1 fully saturated rings. The van der Waals surface area contributed by atoms with Gasteiger partial charge < -0.3 is 14.2 Å². The van der Waals surface area contributed by atoms with Gasteiger partial charge in [0.1, 0.15) is 5.75 Å². The van der Waals surface area contributed by atoms with Crippen molar-refractivity contribution in [2.24, 2.45) is 0 Å². The fourth-order valence-corrected chi connectivity index (χ4v) is 3.27. The van der Waals surface area contributed by atoms with E-state index in [4.69, 9.17) is 14.2 Å². The summed E-state index contributed by atoms with van der Waals surface area (Å²) in [6.07, 6.45) is 2.36. The molecule has 1 aliphatic heterocycles. The fraction of sp³-hybridized carbons (Fsp3) is 0.412. The Labute approximate surface area is 145 Å². The number of carbonyl (C=O) groups is 2. The van der Waals surface area contributed by atoms with Crippen molar-refractivity contribution < 1.29 is 23.8 Å². The third-order valence-corrected chi connectivity index (χ3v) is 4.76. The second-order valence-corrected chi connectivity index (χ2v) is 6.25. The highest BCUT2D eigenvalue weighted by molar-refractivity contribution is 8.18. The first-order valence-corrected chi connectivity index (χ1v) is 8.35. The van der Waals surface area contributed by atoms with Crippen molar-refractivity contribution in [1.29, 1.82) is 0 Å². The van der Waals surface area contributed by atoms with Gasteiger partial charge in [-0.05, 0) is 37.2 Å². The number of imide groups is 1. The zero-order chi connectivity index (χ0) is 17.9. The van der Waals surface area contributed by atoms with Gasteiger partial charge in [-0.3, -0.25) is 14.5 Å². The minimum Gasteiger partial charge on any atom is -0.496 e. The van der Waals surface area contributed by atoms with Gasteiger partial charge >= 0.3 is 0 Å². The lowest BCUT2D eigenvalue weighted by molar-refractivity contribution is -0.124. The molecule has 7 heteroatoms. The number of methoxy groups -OCH3 is 3. The quantitative estimate of drug-likeness (QED) is 0.730. The van der Waals surface area contributed by atoms with Gasteiger partial charge in [-0.15, -0.1) is 0 Å². The molecule has 130 valence electrons. The topological polar surface area (TPSA) is 65.1 Å². The molecule has 1 aromatic carbocycles. The minimum atomic E-state index is -0.281. The predicted molar refractivity (Wildman–Crippen MR) is 93.7 cm³/mol. The Kier molecular flexibility index (Phi) is 5.77. The smallest absolute Gasteiger partial charge is 0.293 e. The normalized spacial score (nSPS) is 17.4. The van der Waals surface area contributed by atoms with Gasteiger partial charge in [0.05, 0.1) is 26.2 Å². The minimum absolute atomic E-state index is 0.129. The van der Waals surface area contributed by atoms with Crippen LogP contribution in [0.5, 0.6) is 17.2 Å². The standard InChI is InChI=1S/C17H21NO5S/c1-6-10(2)18-16(19)15(24-17(18)20)8-11-7-13(22-4)14(23-5)9-12(11)21-3/h7-10H,6H2,1-5H3/b15-8+/t10-/m0/s1. The van der Waals surface area contributed by atoms with Crippen molar-refractivity contribution >= 4 is 29.0 Å². The van der Waals surface area contributed by atoms with Crippen molar-refractivity contribution in [1.82, 2.24) is 4.90 Å².